The summed E-state index contributed by atoms with van der Waals surface area (Å²) in [5.41, 5.74) is 2.11. The first-order chi connectivity index (χ1) is 16.5. The largest absolute Gasteiger partial charge is 0.454 e. The van der Waals surface area contributed by atoms with Crippen LogP contribution in [0.1, 0.15) is 21.6 Å². The van der Waals surface area contributed by atoms with E-state index in [9.17, 15) is 14.0 Å². The predicted octanol–water partition coefficient (Wildman–Crippen LogP) is 3.15. The molecule has 1 fully saturated rings. The van der Waals surface area contributed by atoms with Crippen LogP contribution in [-0.4, -0.2) is 59.6 Å². The van der Waals surface area contributed by atoms with Crippen molar-refractivity contribution in [1.29, 1.82) is 0 Å². The van der Waals surface area contributed by atoms with Crippen molar-refractivity contribution in [2.24, 2.45) is 0 Å². The molecule has 10 heteroatoms. The molecule has 0 atom stereocenters. The molecule has 2 amide bonds. The standard InChI is InChI=1S/C24H23FN4O4S/c25-18-4-2-17(3-5-18)23(31)27-24-26-19(14-34-24)12-22(30)29-9-7-28(8-10-29)13-16-1-6-20-21(11-16)33-15-32-20/h1-6,11,14H,7-10,12-13,15H2,(H,26,27,31). The molecule has 0 aliphatic carbocycles. The van der Waals surface area contributed by atoms with Crippen LogP contribution in [0.15, 0.2) is 47.8 Å². The summed E-state index contributed by atoms with van der Waals surface area (Å²) in [7, 11) is 0. The van der Waals surface area contributed by atoms with Gasteiger partial charge in [0.2, 0.25) is 12.7 Å². The number of thiazole rings is 1. The van der Waals surface area contributed by atoms with Crippen LogP contribution in [0.25, 0.3) is 0 Å². The van der Waals surface area contributed by atoms with E-state index in [0.717, 1.165) is 36.7 Å². The van der Waals surface area contributed by atoms with Crippen molar-refractivity contribution in [3.05, 3.63) is 70.5 Å². The Bertz CT molecular complexity index is 1190. The number of anilines is 1. The number of nitrogens with zero attached hydrogens (tertiary/aromatic N) is 3. The lowest BCUT2D eigenvalue weighted by molar-refractivity contribution is -0.132. The molecule has 8 nitrogen and oxygen atoms in total. The number of hydrogen-bond acceptors (Lipinski definition) is 7. The Morgan fingerprint density at radius 2 is 1.79 bits per heavy atom. The lowest BCUT2D eigenvalue weighted by Crippen LogP contribution is -2.48. The fraction of sp³-hybridized carbons (Fsp3) is 0.292. The van der Waals surface area contributed by atoms with E-state index in [1.165, 1.54) is 35.6 Å². The van der Waals surface area contributed by atoms with E-state index in [4.69, 9.17) is 9.47 Å². The molecule has 3 aromatic rings. The number of benzene rings is 2. The number of ether oxygens (including phenoxy) is 2. The second kappa shape index (κ2) is 9.78. The molecule has 0 spiro atoms. The summed E-state index contributed by atoms with van der Waals surface area (Å²) in [6.07, 6.45) is 0.186. The van der Waals surface area contributed by atoms with Gasteiger partial charge in [0.05, 0.1) is 12.1 Å². The van der Waals surface area contributed by atoms with E-state index in [-0.39, 0.29) is 25.0 Å². The first kappa shape index (κ1) is 22.3. The summed E-state index contributed by atoms with van der Waals surface area (Å²) in [6.45, 7) is 3.94. The molecule has 3 heterocycles. The molecule has 2 aromatic carbocycles. The van der Waals surface area contributed by atoms with Crippen LogP contribution in [0.5, 0.6) is 11.5 Å². The zero-order valence-corrected chi connectivity index (χ0v) is 19.1. The lowest BCUT2D eigenvalue weighted by atomic mass is 10.1. The normalized spacial score (nSPS) is 15.4. The minimum absolute atomic E-state index is 0.0180. The number of hydrogen-bond donors (Lipinski definition) is 1. The van der Waals surface area contributed by atoms with E-state index in [1.807, 2.05) is 23.1 Å². The number of carbonyl (C=O) groups excluding carboxylic acids is 2. The number of nitrogens with one attached hydrogen (secondary N) is 1. The van der Waals surface area contributed by atoms with Crippen molar-refractivity contribution in [2.75, 3.05) is 38.3 Å². The molecular formula is C24H23FN4O4S. The fourth-order valence-electron chi connectivity index (χ4n) is 3.94. The van der Waals surface area contributed by atoms with Crippen LogP contribution in [0.4, 0.5) is 9.52 Å². The van der Waals surface area contributed by atoms with Crippen LogP contribution in [0.3, 0.4) is 0 Å². The molecule has 0 radical (unpaired) electrons. The quantitative estimate of drug-likeness (QED) is 0.581. The Labute approximate surface area is 199 Å². The van der Waals surface area contributed by atoms with Crippen molar-refractivity contribution < 1.29 is 23.5 Å². The van der Waals surface area contributed by atoms with Gasteiger partial charge >= 0.3 is 0 Å². The Kier molecular flexibility index (Phi) is 6.41. The molecule has 0 unspecified atom stereocenters. The van der Waals surface area contributed by atoms with Gasteiger partial charge in [-0.25, -0.2) is 9.37 Å². The second-order valence-corrected chi connectivity index (χ2v) is 8.98. The van der Waals surface area contributed by atoms with Crippen LogP contribution in [0.2, 0.25) is 0 Å². The maximum atomic E-state index is 13.0. The predicted molar refractivity (Wildman–Crippen MR) is 125 cm³/mol. The van der Waals surface area contributed by atoms with Crippen molar-refractivity contribution >= 4 is 28.3 Å². The van der Waals surface area contributed by atoms with Crippen LogP contribution in [-0.2, 0) is 17.8 Å². The van der Waals surface area contributed by atoms with E-state index >= 15 is 0 Å². The molecule has 1 aromatic heterocycles. The van der Waals surface area contributed by atoms with Crippen LogP contribution >= 0.6 is 11.3 Å². The topological polar surface area (TPSA) is 84.0 Å². The minimum atomic E-state index is -0.402. The number of fused-ring (bicyclic) bond motifs is 1. The smallest absolute Gasteiger partial charge is 0.257 e. The van der Waals surface area contributed by atoms with Gasteiger partial charge in [0.25, 0.3) is 5.91 Å². The summed E-state index contributed by atoms with van der Waals surface area (Å²) in [6, 6.07) is 11.3. The lowest BCUT2D eigenvalue weighted by Gasteiger charge is -2.34. The highest BCUT2D eigenvalue weighted by atomic mass is 32.1. The summed E-state index contributed by atoms with van der Waals surface area (Å²) in [5.74, 6) is 0.804. The summed E-state index contributed by atoms with van der Waals surface area (Å²) >= 11 is 1.26. The maximum Gasteiger partial charge on any atom is 0.257 e. The third-order valence-corrected chi connectivity index (χ3v) is 6.59. The molecule has 0 bridgehead atoms. The SMILES string of the molecule is O=C(Nc1nc(CC(=O)N2CCN(Cc3ccc4c(c3)OCO4)CC2)cs1)c1ccc(F)cc1. The third kappa shape index (κ3) is 5.18. The van der Waals surface area contributed by atoms with Crippen molar-refractivity contribution in [3.63, 3.8) is 0 Å². The Balaban J connectivity index is 1.09. The van der Waals surface area contributed by atoms with Gasteiger partial charge < -0.3 is 14.4 Å². The van der Waals surface area contributed by atoms with Crippen molar-refractivity contribution in [2.45, 2.75) is 13.0 Å². The highest BCUT2D eigenvalue weighted by molar-refractivity contribution is 7.14. The van der Waals surface area contributed by atoms with Crippen molar-refractivity contribution in [1.82, 2.24) is 14.8 Å². The summed E-state index contributed by atoms with van der Waals surface area (Å²) < 4.78 is 23.8. The molecule has 1 N–H and O–H groups in total. The number of carbonyl (C=O) groups is 2. The number of halogens is 1. The summed E-state index contributed by atoms with van der Waals surface area (Å²) in [5, 5.41) is 4.87. The highest BCUT2D eigenvalue weighted by Crippen LogP contribution is 2.32. The van der Waals surface area contributed by atoms with Gasteiger partial charge in [0.15, 0.2) is 16.6 Å². The van der Waals surface area contributed by atoms with Gasteiger partial charge in [-0.05, 0) is 42.0 Å². The first-order valence-corrected chi connectivity index (χ1v) is 11.8. The Morgan fingerprint density at radius 3 is 2.59 bits per heavy atom. The monoisotopic (exact) mass is 482 g/mol. The number of aromatic nitrogens is 1. The van der Waals surface area contributed by atoms with Crippen LogP contribution < -0.4 is 14.8 Å². The van der Waals surface area contributed by atoms with Gasteiger partial charge in [0, 0.05) is 43.7 Å². The zero-order chi connectivity index (χ0) is 23.5. The van der Waals surface area contributed by atoms with Gasteiger partial charge in [-0.3, -0.25) is 19.8 Å². The van der Waals surface area contributed by atoms with Crippen LogP contribution in [0, 0.1) is 5.82 Å². The molecule has 176 valence electrons. The molecular weight excluding hydrogens is 459 g/mol. The zero-order valence-electron chi connectivity index (χ0n) is 18.3. The molecule has 34 heavy (non-hydrogen) atoms. The van der Waals surface area contributed by atoms with E-state index < -0.39 is 5.82 Å². The first-order valence-electron chi connectivity index (χ1n) is 10.9. The van der Waals surface area contributed by atoms with Gasteiger partial charge in [-0.2, -0.15) is 0 Å². The average molecular weight is 483 g/mol. The van der Waals surface area contributed by atoms with E-state index in [0.29, 0.717) is 29.5 Å². The number of amides is 2. The average Bonchev–Trinajstić information content (AvgIpc) is 3.49. The Morgan fingerprint density at radius 1 is 1.03 bits per heavy atom. The van der Waals surface area contributed by atoms with Crippen molar-refractivity contribution in [3.8, 4) is 11.5 Å². The van der Waals surface area contributed by atoms with E-state index in [2.05, 4.69) is 15.2 Å². The van der Waals surface area contributed by atoms with Gasteiger partial charge in [-0.15, -0.1) is 11.3 Å². The maximum absolute atomic E-state index is 13.0. The van der Waals surface area contributed by atoms with E-state index in [1.54, 1.807) is 5.38 Å². The number of rotatable bonds is 6. The molecule has 2 aliphatic heterocycles. The molecule has 2 aliphatic rings. The minimum Gasteiger partial charge on any atom is -0.454 e. The second-order valence-electron chi connectivity index (χ2n) is 8.13. The molecule has 1 saturated heterocycles. The third-order valence-electron chi connectivity index (χ3n) is 5.78. The Hall–Kier alpha value is -3.50. The molecule has 5 rings (SSSR count). The highest BCUT2D eigenvalue weighted by Gasteiger charge is 2.23. The fourth-order valence-corrected chi connectivity index (χ4v) is 4.64. The number of piperazine rings is 1. The van der Waals surface area contributed by atoms with Gasteiger partial charge in [0.1, 0.15) is 5.82 Å². The van der Waals surface area contributed by atoms with Gasteiger partial charge in [-0.1, -0.05) is 6.07 Å². The summed E-state index contributed by atoms with van der Waals surface area (Å²) in [4.78, 5) is 33.6. The molecule has 0 saturated carbocycles.